The van der Waals surface area contributed by atoms with E-state index in [1.165, 1.54) is 0 Å². The highest BCUT2D eigenvalue weighted by atomic mass is 16.7. The van der Waals surface area contributed by atoms with Gasteiger partial charge >= 0.3 is 0 Å². The van der Waals surface area contributed by atoms with Crippen LogP contribution in [0.15, 0.2) is 28.8 Å². The predicted molar refractivity (Wildman–Crippen MR) is 78.9 cm³/mol. The lowest BCUT2D eigenvalue weighted by Crippen LogP contribution is -2.28. The summed E-state index contributed by atoms with van der Waals surface area (Å²) in [5.41, 5.74) is 0.315. The minimum atomic E-state index is -0.255. The summed E-state index contributed by atoms with van der Waals surface area (Å²) in [4.78, 5) is 11.9. The Hall–Kier alpha value is -2.70. The fourth-order valence-corrected chi connectivity index (χ4v) is 2.35. The molecule has 0 bridgehead atoms. The molecule has 1 saturated carbocycles. The van der Waals surface area contributed by atoms with Crippen LogP contribution >= 0.6 is 0 Å². The molecule has 4 rings (SSSR count). The Kier molecular flexibility index (Phi) is 3.53. The van der Waals surface area contributed by atoms with Crippen molar-refractivity contribution in [3.05, 3.63) is 35.7 Å². The lowest BCUT2D eigenvalue weighted by atomic mass is 10.3. The maximum Gasteiger partial charge on any atom is 0.273 e. The van der Waals surface area contributed by atoms with Crippen LogP contribution < -0.4 is 19.5 Å². The lowest BCUT2D eigenvalue weighted by molar-refractivity contribution is 0.0937. The number of carbonyl (C=O) groups excluding carboxylic acids is 1. The lowest BCUT2D eigenvalue weighted by Gasteiger charge is -2.07. The molecular formula is C16H16N2O5. The third kappa shape index (κ3) is 3.08. The minimum Gasteiger partial charge on any atom is -0.492 e. The van der Waals surface area contributed by atoms with Crippen LogP contribution in [0.3, 0.4) is 0 Å². The molecule has 7 nitrogen and oxygen atoms in total. The molecule has 1 amide bonds. The summed E-state index contributed by atoms with van der Waals surface area (Å²) in [5.74, 6) is 3.03. The molecular weight excluding hydrogens is 300 g/mol. The molecule has 1 aromatic heterocycles. The topological polar surface area (TPSA) is 82.8 Å². The molecule has 0 radical (unpaired) electrons. The monoisotopic (exact) mass is 316 g/mol. The summed E-state index contributed by atoms with van der Waals surface area (Å²) >= 11 is 0. The first-order valence-corrected chi connectivity index (χ1v) is 7.57. The molecule has 1 aliphatic carbocycles. The SMILES string of the molecule is O=C(NCCOc1ccc2c(c1)OCO2)c1cc(C2CC2)on1. The average Bonchev–Trinajstić information content (AvgIpc) is 3.12. The Balaban J connectivity index is 1.24. The van der Waals surface area contributed by atoms with Crippen LogP contribution in [0, 0.1) is 0 Å². The van der Waals surface area contributed by atoms with E-state index < -0.39 is 0 Å². The highest BCUT2D eigenvalue weighted by Crippen LogP contribution is 2.40. The number of benzene rings is 1. The normalized spacial score (nSPS) is 15.5. The highest BCUT2D eigenvalue weighted by Gasteiger charge is 2.28. The summed E-state index contributed by atoms with van der Waals surface area (Å²) in [6.07, 6.45) is 2.22. The molecule has 2 heterocycles. The van der Waals surface area contributed by atoms with Gasteiger partial charge in [-0.3, -0.25) is 4.79 Å². The van der Waals surface area contributed by atoms with Crippen molar-refractivity contribution in [1.29, 1.82) is 0 Å². The van der Waals surface area contributed by atoms with Gasteiger partial charge in [0.2, 0.25) is 6.79 Å². The third-order valence-electron chi connectivity index (χ3n) is 3.74. The van der Waals surface area contributed by atoms with E-state index in [0.29, 0.717) is 42.0 Å². The van der Waals surface area contributed by atoms with Crippen molar-refractivity contribution in [2.45, 2.75) is 18.8 Å². The second-order valence-electron chi connectivity index (χ2n) is 5.51. The summed E-state index contributed by atoms with van der Waals surface area (Å²) in [6.45, 7) is 0.951. The van der Waals surface area contributed by atoms with Crippen molar-refractivity contribution >= 4 is 5.91 Å². The van der Waals surface area contributed by atoms with Crippen LogP contribution in [0.2, 0.25) is 0 Å². The van der Waals surface area contributed by atoms with Crippen molar-refractivity contribution in [3.63, 3.8) is 0 Å². The number of nitrogens with one attached hydrogen (secondary N) is 1. The second kappa shape index (κ2) is 5.83. The first-order chi connectivity index (χ1) is 11.3. The zero-order chi connectivity index (χ0) is 15.6. The molecule has 1 aliphatic heterocycles. The van der Waals surface area contributed by atoms with Crippen LogP contribution in [0.4, 0.5) is 0 Å². The van der Waals surface area contributed by atoms with Gasteiger partial charge in [0.05, 0.1) is 6.54 Å². The van der Waals surface area contributed by atoms with E-state index in [9.17, 15) is 4.79 Å². The molecule has 7 heteroatoms. The van der Waals surface area contributed by atoms with E-state index in [2.05, 4.69) is 10.5 Å². The van der Waals surface area contributed by atoms with E-state index in [0.717, 1.165) is 18.6 Å². The second-order valence-corrected chi connectivity index (χ2v) is 5.51. The van der Waals surface area contributed by atoms with Gasteiger partial charge in [0.25, 0.3) is 5.91 Å². The summed E-state index contributed by atoms with van der Waals surface area (Å²) in [5, 5.41) is 6.55. The van der Waals surface area contributed by atoms with Crippen LogP contribution in [0.5, 0.6) is 17.2 Å². The first kappa shape index (κ1) is 13.9. The Labute approximate surface area is 132 Å². The number of hydrogen-bond acceptors (Lipinski definition) is 6. The molecule has 2 aromatic rings. The van der Waals surface area contributed by atoms with Crippen LogP contribution in [0.1, 0.15) is 35.0 Å². The zero-order valence-electron chi connectivity index (χ0n) is 12.4. The van der Waals surface area contributed by atoms with Crippen molar-refractivity contribution in [2.24, 2.45) is 0 Å². The molecule has 1 fully saturated rings. The van der Waals surface area contributed by atoms with Crippen LogP contribution in [0.25, 0.3) is 0 Å². The van der Waals surface area contributed by atoms with E-state index in [1.807, 2.05) is 0 Å². The van der Waals surface area contributed by atoms with Crippen molar-refractivity contribution in [2.75, 3.05) is 19.9 Å². The molecule has 1 N–H and O–H groups in total. The molecule has 23 heavy (non-hydrogen) atoms. The van der Waals surface area contributed by atoms with Gasteiger partial charge in [-0.1, -0.05) is 5.16 Å². The van der Waals surface area contributed by atoms with Gasteiger partial charge < -0.3 is 24.1 Å². The van der Waals surface area contributed by atoms with Gasteiger partial charge in [0, 0.05) is 18.1 Å². The van der Waals surface area contributed by atoms with Crippen LogP contribution in [-0.4, -0.2) is 31.0 Å². The number of hydrogen-bond donors (Lipinski definition) is 1. The maximum atomic E-state index is 11.9. The number of fused-ring (bicyclic) bond motifs is 1. The number of aromatic nitrogens is 1. The van der Waals surface area contributed by atoms with Gasteiger partial charge in [-0.25, -0.2) is 0 Å². The molecule has 0 spiro atoms. The van der Waals surface area contributed by atoms with Crippen molar-refractivity contribution < 1.29 is 23.5 Å². The van der Waals surface area contributed by atoms with E-state index in [4.69, 9.17) is 18.7 Å². The van der Waals surface area contributed by atoms with Gasteiger partial charge in [0.1, 0.15) is 18.1 Å². The third-order valence-corrected chi connectivity index (χ3v) is 3.74. The van der Waals surface area contributed by atoms with E-state index in [-0.39, 0.29) is 12.7 Å². The smallest absolute Gasteiger partial charge is 0.273 e. The Morgan fingerprint density at radius 1 is 1.26 bits per heavy atom. The highest BCUT2D eigenvalue weighted by molar-refractivity contribution is 5.92. The molecule has 1 aromatic carbocycles. The van der Waals surface area contributed by atoms with Crippen molar-refractivity contribution in [3.8, 4) is 17.2 Å². The summed E-state index contributed by atoms with van der Waals surface area (Å²) in [7, 11) is 0. The Morgan fingerprint density at radius 2 is 2.13 bits per heavy atom. The maximum absolute atomic E-state index is 11.9. The van der Waals surface area contributed by atoms with Gasteiger partial charge in [-0.05, 0) is 25.0 Å². The van der Waals surface area contributed by atoms with E-state index >= 15 is 0 Å². The van der Waals surface area contributed by atoms with Crippen molar-refractivity contribution in [1.82, 2.24) is 10.5 Å². The van der Waals surface area contributed by atoms with E-state index in [1.54, 1.807) is 24.3 Å². The largest absolute Gasteiger partial charge is 0.492 e. The van der Waals surface area contributed by atoms with Gasteiger partial charge in [-0.15, -0.1) is 0 Å². The van der Waals surface area contributed by atoms with Gasteiger partial charge in [0.15, 0.2) is 17.2 Å². The fraction of sp³-hybridized carbons (Fsp3) is 0.375. The Bertz CT molecular complexity index is 723. The molecule has 0 atom stereocenters. The van der Waals surface area contributed by atoms with Crippen LogP contribution in [-0.2, 0) is 0 Å². The van der Waals surface area contributed by atoms with Gasteiger partial charge in [-0.2, -0.15) is 0 Å². The fourth-order valence-electron chi connectivity index (χ4n) is 2.35. The Morgan fingerprint density at radius 3 is 3.00 bits per heavy atom. The standard InChI is InChI=1S/C16H16N2O5/c19-16(12-8-14(23-18-12)10-1-2-10)17-5-6-20-11-3-4-13-15(7-11)22-9-21-13/h3-4,7-8,10H,1-2,5-6,9H2,(H,17,19). The summed E-state index contributed by atoms with van der Waals surface area (Å²) in [6, 6.07) is 7.08. The predicted octanol–water partition coefficient (Wildman–Crippen LogP) is 2.09. The summed E-state index contributed by atoms with van der Waals surface area (Å²) < 4.78 is 21.2. The number of nitrogens with zero attached hydrogens (tertiary/aromatic N) is 1. The quantitative estimate of drug-likeness (QED) is 0.822. The number of carbonyl (C=O) groups is 1. The number of rotatable bonds is 6. The average molecular weight is 316 g/mol. The molecule has 0 unspecified atom stereocenters. The zero-order valence-corrected chi connectivity index (χ0v) is 12.4. The molecule has 2 aliphatic rings. The number of amides is 1. The first-order valence-electron chi connectivity index (χ1n) is 7.57. The molecule has 0 saturated heterocycles. The minimum absolute atomic E-state index is 0.232. The number of ether oxygens (including phenoxy) is 3. The molecule has 120 valence electrons.